The Morgan fingerprint density at radius 1 is 0.929 bits per heavy atom. The van der Waals surface area contributed by atoms with E-state index in [4.69, 9.17) is 4.74 Å². The smallest absolute Gasteiger partial charge is 0.111 e. The molecular weight excluding hydrogens is 184 g/mol. The lowest BCUT2D eigenvalue weighted by molar-refractivity contribution is -0.239. The fourth-order valence-corrected chi connectivity index (χ4v) is 1.77. The number of aliphatic hydroxyl groups is 3. The largest absolute Gasteiger partial charge is 0.388 e. The van der Waals surface area contributed by atoms with Crippen LogP contribution in [0.3, 0.4) is 0 Å². The lowest BCUT2D eigenvalue weighted by atomic mass is 9.80. The van der Waals surface area contributed by atoms with Crippen LogP contribution in [0.4, 0.5) is 0 Å². The molecule has 0 amide bonds. The maximum Gasteiger partial charge on any atom is 0.111 e. The van der Waals surface area contributed by atoms with Gasteiger partial charge in [-0.1, -0.05) is 20.8 Å². The summed E-state index contributed by atoms with van der Waals surface area (Å²) in [6.07, 6.45) is -4.05. The molecule has 1 fully saturated rings. The first-order valence-electron chi connectivity index (χ1n) is 4.95. The van der Waals surface area contributed by atoms with Crippen LogP contribution >= 0.6 is 0 Å². The van der Waals surface area contributed by atoms with Gasteiger partial charge in [-0.3, -0.25) is 0 Å². The molecule has 0 unspecified atom stereocenters. The second-order valence-corrected chi connectivity index (χ2v) is 5.10. The number of ether oxygens (including phenoxy) is 1. The van der Waals surface area contributed by atoms with Gasteiger partial charge in [-0.05, 0) is 12.3 Å². The third-order valence-electron chi connectivity index (χ3n) is 2.71. The van der Waals surface area contributed by atoms with Crippen LogP contribution in [0.5, 0.6) is 0 Å². The van der Waals surface area contributed by atoms with Gasteiger partial charge in [0, 0.05) is 0 Å². The number of hydrogen-bond donors (Lipinski definition) is 3. The summed E-state index contributed by atoms with van der Waals surface area (Å²) in [5, 5.41) is 28.8. The van der Waals surface area contributed by atoms with Crippen molar-refractivity contribution >= 4 is 0 Å². The second kappa shape index (κ2) is 3.77. The molecule has 0 aliphatic carbocycles. The van der Waals surface area contributed by atoms with Gasteiger partial charge in [-0.15, -0.1) is 0 Å². The van der Waals surface area contributed by atoms with Crippen LogP contribution in [0.25, 0.3) is 0 Å². The molecule has 0 bridgehead atoms. The van der Waals surface area contributed by atoms with Crippen molar-refractivity contribution in [1.29, 1.82) is 0 Å². The molecule has 5 atom stereocenters. The zero-order valence-corrected chi connectivity index (χ0v) is 9.14. The van der Waals surface area contributed by atoms with Crippen molar-refractivity contribution in [2.75, 3.05) is 0 Å². The number of aliphatic hydroxyl groups excluding tert-OH is 3. The highest BCUT2D eigenvalue weighted by Crippen LogP contribution is 2.32. The molecule has 0 aromatic heterocycles. The normalized spacial score (nSPS) is 45.2. The Bertz CT molecular complexity index is 199. The first-order chi connectivity index (χ1) is 6.25. The van der Waals surface area contributed by atoms with Crippen LogP contribution in [0.15, 0.2) is 0 Å². The molecule has 1 aliphatic heterocycles. The Balaban J connectivity index is 2.81. The van der Waals surface area contributed by atoms with Gasteiger partial charge in [0.1, 0.15) is 18.3 Å². The van der Waals surface area contributed by atoms with Crippen molar-refractivity contribution in [3.8, 4) is 0 Å². The summed E-state index contributed by atoms with van der Waals surface area (Å²) in [4.78, 5) is 0. The van der Waals surface area contributed by atoms with Crippen molar-refractivity contribution in [3.05, 3.63) is 0 Å². The minimum atomic E-state index is -1.12. The third kappa shape index (κ3) is 2.08. The maximum absolute atomic E-state index is 9.73. The highest BCUT2D eigenvalue weighted by atomic mass is 16.5. The van der Waals surface area contributed by atoms with Crippen LogP contribution in [0.1, 0.15) is 27.7 Å². The summed E-state index contributed by atoms with van der Waals surface area (Å²) in [5.74, 6) is 0. The van der Waals surface area contributed by atoms with E-state index in [0.29, 0.717) is 0 Å². The topological polar surface area (TPSA) is 69.9 Å². The van der Waals surface area contributed by atoms with Crippen LogP contribution in [-0.2, 0) is 4.74 Å². The van der Waals surface area contributed by atoms with Gasteiger partial charge in [0.15, 0.2) is 0 Å². The molecule has 0 spiro atoms. The predicted molar refractivity (Wildman–Crippen MR) is 51.8 cm³/mol. The first kappa shape index (κ1) is 11.9. The second-order valence-electron chi connectivity index (χ2n) is 5.10. The van der Waals surface area contributed by atoms with Crippen molar-refractivity contribution in [2.24, 2.45) is 5.41 Å². The maximum atomic E-state index is 9.73. The van der Waals surface area contributed by atoms with Gasteiger partial charge in [0.2, 0.25) is 0 Å². The SMILES string of the molecule is C[C@@H]1O[C@H](C(C)(C)C)[C@@H](O)[C@H](O)[C@@H]1O. The van der Waals surface area contributed by atoms with Crippen molar-refractivity contribution in [2.45, 2.75) is 58.2 Å². The van der Waals surface area contributed by atoms with Gasteiger partial charge >= 0.3 is 0 Å². The van der Waals surface area contributed by atoms with Gasteiger partial charge < -0.3 is 20.1 Å². The molecule has 4 nitrogen and oxygen atoms in total. The first-order valence-corrected chi connectivity index (χ1v) is 4.95. The van der Waals surface area contributed by atoms with Crippen molar-refractivity contribution < 1.29 is 20.1 Å². The van der Waals surface area contributed by atoms with E-state index in [1.807, 2.05) is 20.8 Å². The van der Waals surface area contributed by atoms with E-state index in [1.165, 1.54) is 0 Å². The van der Waals surface area contributed by atoms with Gasteiger partial charge in [-0.25, -0.2) is 0 Å². The molecular formula is C10H20O4. The molecule has 1 rings (SSSR count). The lowest BCUT2D eigenvalue weighted by Gasteiger charge is -2.44. The molecule has 1 heterocycles. The summed E-state index contributed by atoms with van der Waals surface area (Å²) in [5.41, 5.74) is -0.255. The van der Waals surface area contributed by atoms with Crippen LogP contribution < -0.4 is 0 Å². The molecule has 0 aromatic carbocycles. The zero-order chi connectivity index (χ0) is 11.1. The van der Waals surface area contributed by atoms with E-state index >= 15 is 0 Å². The Morgan fingerprint density at radius 3 is 1.86 bits per heavy atom. The summed E-state index contributed by atoms with van der Waals surface area (Å²) in [6.45, 7) is 7.48. The monoisotopic (exact) mass is 204 g/mol. The summed E-state index contributed by atoms with van der Waals surface area (Å²) in [7, 11) is 0. The average Bonchev–Trinajstić information content (AvgIpc) is 2.06. The molecule has 0 saturated carbocycles. The van der Waals surface area contributed by atoms with E-state index in [2.05, 4.69) is 0 Å². The van der Waals surface area contributed by atoms with Crippen LogP contribution in [0.2, 0.25) is 0 Å². The zero-order valence-electron chi connectivity index (χ0n) is 9.14. The molecule has 1 saturated heterocycles. The molecule has 0 aromatic rings. The van der Waals surface area contributed by atoms with E-state index < -0.39 is 30.5 Å². The standard InChI is InChI=1S/C10H20O4/c1-5-6(11)7(12)8(13)9(14-5)10(2,3)4/h5-9,11-13H,1-4H3/t5-,6+,7+,8-,9-/m0/s1. The predicted octanol–water partition coefficient (Wildman–Crippen LogP) is -0.0975. The van der Waals surface area contributed by atoms with Crippen LogP contribution in [-0.4, -0.2) is 45.8 Å². The van der Waals surface area contributed by atoms with Gasteiger partial charge in [0.25, 0.3) is 0 Å². The Morgan fingerprint density at radius 2 is 1.43 bits per heavy atom. The van der Waals surface area contributed by atoms with E-state index in [1.54, 1.807) is 6.92 Å². The van der Waals surface area contributed by atoms with Gasteiger partial charge in [-0.2, -0.15) is 0 Å². The van der Waals surface area contributed by atoms with E-state index in [0.717, 1.165) is 0 Å². The number of hydrogen-bond acceptors (Lipinski definition) is 4. The van der Waals surface area contributed by atoms with Crippen LogP contribution in [0, 0.1) is 5.41 Å². The molecule has 3 N–H and O–H groups in total. The quantitative estimate of drug-likeness (QED) is 0.515. The molecule has 0 radical (unpaired) electrons. The van der Waals surface area contributed by atoms with E-state index in [-0.39, 0.29) is 5.41 Å². The summed E-state index contributed by atoms with van der Waals surface area (Å²) >= 11 is 0. The van der Waals surface area contributed by atoms with E-state index in [9.17, 15) is 15.3 Å². The molecule has 84 valence electrons. The van der Waals surface area contributed by atoms with Gasteiger partial charge in [0.05, 0.1) is 12.2 Å². The fraction of sp³-hybridized carbons (Fsp3) is 1.00. The third-order valence-corrected chi connectivity index (χ3v) is 2.71. The highest BCUT2D eigenvalue weighted by Gasteiger charge is 2.46. The van der Waals surface area contributed by atoms with Crippen molar-refractivity contribution in [3.63, 3.8) is 0 Å². The Labute approximate surface area is 84.5 Å². The highest BCUT2D eigenvalue weighted by molar-refractivity contribution is 4.95. The lowest BCUT2D eigenvalue weighted by Crippen LogP contribution is -2.59. The fourth-order valence-electron chi connectivity index (χ4n) is 1.77. The molecule has 14 heavy (non-hydrogen) atoms. The Kier molecular flexibility index (Phi) is 3.21. The molecule has 4 heteroatoms. The minimum absolute atomic E-state index is 0.255. The summed E-state index contributed by atoms with van der Waals surface area (Å²) < 4.78 is 5.49. The minimum Gasteiger partial charge on any atom is -0.388 e. The Hall–Kier alpha value is -0.160. The summed E-state index contributed by atoms with van der Waals surface area (Å²) in [6, 6.07) is 0. The molecule has 1 aliphatic rings. The average molecular weight is 204 g/mol. The number of rotatable bonds is 0. The van der Waals surface area contributed by atoms with Crippen molar-refractivity contribution in [1.82, 2.24) is 0 Å².